The van der Waals surface area contributed by atoms with Gasteiger partial charge >= 0.3 is 0 Å². The Balaban J connectivity index is 2.46. The number of nitro groups is 1. The number of benzene rings is 1. The van der Waals surface area contributed by atoms with Crippen molar-refractivity contribution in [2.75, 3.05) is 11.9 Å². The van der Waals surface area contributed by atoms with Crippen LogP contribution in [-0.4, -0.2) is 16.5 Å². The summed E-state index contributed by atoms with van der Waals surface area (Å²) in [5.41, 5.74) is 1.45. The quantitative estimate of drug-likeness (QED) is 0.655. The van der Waals surface area contributed by atoms with E-state index >= 15 is 0 Å². The zero-order valence-corrected chi connectivity index (χ0v) is 12.6. The van der Waals surface area contributed by atoms with Crippen molar-refractivity contribution < 1.29 is 4.92 Å². The molecular formula is C14H14BrN3O2. The zero-order valence-electron chi connectivity index (χ0n) is 11.0. The van der Waals surface area contributed by atoms with Gasteiger partial charge in [0.2, 0.25) is 0 Å². The molecule has 104 valence electrons. The van der Waals surface area contributed by atoms with Gasteiger partial charge in [0.15, 0.2) is 0 Å². The molecule has 6 heteroatoms. The first-order valence-electron chi connectivity index (χ1n) is 6.26. The van der Waals surface area contributed by atoms with Crippen molar-refractivity contribution in [1.82, 2.24) is 4.98 Å². The molecule has 2 rings (SSSR count). The van der Waals surface area contributed by atoms with Crippen molar-refractivity contribution in [2.45, 2.75) is 13.3 Å². The molecule has 0 unspecified atom stereocenters. The van der Waals surface area contributed by atoms with Gasteiger partial charge in [-0.2, -0.15) is 0 Å². The summed E-state index contributed by atoms with van der Waals surface area (Å²) in [5, 5.41) is 14.1. The van der Waals surface area contributed by atoms with Crippen LogP contribution in [0, 0.1) is 10.1 Å². The van der Waals surface area contributed by atoms with Gasteiger partial charge in [0.05, 0.1) is 16.7 Å². The third-order valence-corrected chi connectivity index (χ3v) is 3.19. The van der Waals surface area contributed by atoms with E-state index in [-0.39, 0.29) is 5.69 Å². The van der Waals surface area contributed by atoms with Crippen molar-refractivity contribution in [2.24, 2.45) is 0 Å². The Morgan fingerprint density at radius 1 is 1.35 bits per heavy atom. The molecule has 0 spiro atoms. The summed E-state index contributed by atoms with van der Waals surface area (Å²) in [6.07, 6.45) is 0.927. The van der Waals surface area contributed by atoms with Crippen molar-refractivity contribution in [3.05, 3.63) is 51.0 Å². The van der Waals surface area contributed by atoms with Gasteiger partial charge in [-0.25, -0.2) is 4.98 Å². The van der Waals surface area contributed by atoms with E-state index in [1.165, 1.54) is 12.1 Å². The molecular weight excluding hydrogens is 322 g/mol. The highest BCUT2D eigenvalue weighted by Crippen LogP contribution is 2.27. The third-order valence-electron chi connectivity index (χ3n) is 2.70. The van der Waals surface area contributed by atoms with E-state index in [9.17, 15) is 10.1 Å². The van der Waals surface area contributed by atoms with Crippen molar-refractivity contribution in [3.8, 4) is 11.3 Å². The van der Waals surface area contributed by atoms with E-state index in [0.29, 0.717) is 11.5 Å². The van der Waals surface area contributed by atoms with Crippen molar-refractivity contribution >= 4 is 27.4 Å². The van der Waals surface area contributed by atoms with Gasteiger partial charge in [0, 0.05) is 22.6 Å². The number of anilines is 1. The molecule has 1 aromatic heterocycles. The van der Waals surface area contributed by atoms with Gasteiger partial charge in [-0.1, -0.05) is 35.0 Å². The lowest BCUT2D eigenvalue weighted by Gasteiger charge is -2.07. The number of halogens is 1. The van der Waals surface area contributed by atoms with E-state index in [0.717, 1.165) is 23.0 Å². The minimum absolute atomic E-state index is 0.0357. The minimum atomic E-state index is -0.402. The summed E-state index contributed by atoms with van der Waals surface area (Å²) in [4.78, 5) is 15.0. The summed E-state index contributed by atoms with van der Waals surface area (Å²) < 4.78 is 0.909. The van der Waals surface area contributed by atoms with Crippen LogP contribution >= 0.6 is 15.9 Å². The number of hydrogen-bond donors (Lipinski definition) is 1. The topological polar surface area (TPSA) is 68.1 Å². The predicted octanol–water partition coefficient (Wildman–Crippen LogP) is 4.24. The van der Waals surface area contributed by atoms with Gasteiger partial charge in [-0.3, -0.25) is 10.1 Å². The lowest BCUT2D eigenvalue weighted by atomic mass is 10.1. The second kappa shape index (κ2) is 6.47. The van der Waals surface area contributed by atoms with Gasteiger partial charge in [-0.15, -0.1) is 0 Å². The molecule has 1 N–H and O–H groups in total. The van der Waals surface area contributed by atoms with Gasteiger partial charge < -0.3 is 5.32 Å². The molecule has 0 amide bonds. The molecule has 0 aliphatic heterocycles. The first-order valence-corrected chi connectivity index (χ1v) is 7.05. The van der Waals surface area contributed by atoms with Crippen LogP contribution in [-0.2, 0) is 0 Å². The number of hydrogen-bond acceptors (Lipinski definition) is 4. The average molecular weight is 336 g/mol. The Kier molecular flexibility index (Phi) is 4.68. The van der Waals surface area contributed by atoms with Crippen LogP contribution in [0.1, 0.15) is 13.3 Å². The normalized spacial score (nSPS) is 10.3. The highest BCUT2D eigenvalue weighted by molar-refractivity contribution is 9.10. The summed E-state index contributed by atoms with van der Waals surface area (Å²) >= 11 is 3.39. The summed E-state index contributed by atoms with van der Waals surface area (Å²) in [5.74, 6) is 0.524. The maximum atomic E-state index is 11.0. The van der Waals surface area contributed by atoms with Gasteiger partial charge in [0.1, 0.15) is 5.82 Å². The predicted molar refractivity (Wildman–Crippen MR) is 82.8 cm³/mol. The van der Waals surface area contributed by atoms with Crippen LogP contribution in [0.3, 0.4) is 0 Å². The second-order valence-corrected chi connectivity index (χ2v) is 5.21. The van der Waals surface area contributed by atoms with Crippen LogP contribution in [0.15, 0.2) is 40.9 Å². The first-order chi connectivity index (χ1) is 9.60. The Hall–Kier alpha value is -1.95. The van der Waals surface area contributed by atoms with Crippen LogP contribution in [0.5, 0.6) is 0 Å². The van der Waals surface area contributed by atoms with Crippen LogP contribution in [0.2, 0.25) is 0 Å². The lowest BCUT2D eigenvalue weighted by molar-refractivity contribution is -0.384. The number of rotatable bonds is 5. The molecule has 2 aromatic rings. The van der Waals surface area contributed by atoms with Crippen molar-refractivity contribution in [3.63, 3.8) is 0 Å². The van der Waals surface area contributed by atoms with Crippen molar-refractivity contribution in [1.29, 1.82) is 0 Å². The van der Waals surface area contributed by atoms with E-state index in [4.69, 9.17) is 0 Å². The molecule has 1 aromatic carbocycles. The molecule has 20 heavy (non-hydrogen) atoms. The van der Waals surface area contributed by atoms with Crippen LogP contribution < -0.4 is 5.32 Å². The number of nitrogens with one attached hydrogen (secondary N) is 1. The zero-order chi connectivity index (χ0) is 14.5. The van der Waals surface area contributed by atoms with E-state index in [1.807, 2.05) is 31.2 Å². The molecule has 0 atom stereocenters. The molecule has 0 fully saturated rings. The fraction of sp³-hybridized carbons (Fsp3) is 0.214. The molecule has 5 nitrogen and oxygen atoms in total. The Labute approximate surface area is 125 Å². The fourth-order valence-electron chi connectivity index (χ4n) is 1.76. The Morgan fingerprint density at radius 2 is 2.15 bits per heavy atom. The molecule has 0 saturated carbocycles. The maximum Gasteiger partial charge on any atom is 0.275 e. The average Bonchev–Trinajstić information content (AvgIpc) is 2.44. The first kappa shape index (κ1) is 14.5. The van der Waals surface area contributed by atoms with Gasteiger partial charge in [-0.05, 0) is 18.6 Å². The maximum absolute atomic E-state index is 11.0. The molecule has 0 saturated heterocycles. The molecule has 0 bridgehead atoms. The van der Waals surface area contributed by atoms with E-state index < -0.39 is 4.92 Å². The van der Waals surface area contributed by atoms with E-state index in [2.05, 4.69) is 26.2 Å². The smallest absolute Gasteiger partial charge is 0.275 e. The van der Waals surface area contributed by atoms with Crippen LogP contribution in [0.4, 0.5) is 11.5 Å². The van der Waals surface area contributed by atoms with Gasteiger partial charge in [0.25, 0.3) is 5.69 Å². The SMILES string of the molecule is CCCNc1cc([N+](=O)[O-])cc(-c2cccc(Br)c2)n1. The summed E-state index contributed by atoms with van der Waals surface area (Å²) in [6.45, 7) is 2.76. The molecule has 1 heterocycles. The second-order valence-electron chi connectivity index (χ2n) is 4.29. The highest BCUT2D eigenvalue weighted by atomic mass is 79.9. The monoisotopic (exact) mass is 335 g/mol. The van der Waals surface area contributed by atoms with Crippen LogP contribution in [0.25, 0.3) is 11.3 Å². The third kappa shape index (κ3) is 3.54. The Morgan fingerprint density at radius 3 is 2.80 bits per heavy atom. The summed E-state index contributed by atoms with van der Waals surface area (Å²) in [7, 11) is 0. The fourth-order valence-corrected chi connectivity index (χ4v) is 2.16. The highest BCUT2D eigenvalue weighted by Gasteiger charge is 2.12. The molecule has 0 aliphatic carbocycles. The lowest BCUT2D eigenvalue weighted by Crippen LogP contribution is -2.03. The number of nitrogens with zero attached hydrogens (tertiary/aromatic N) is 2. The standard InChI is InChI=1S/C14H14BrN3O2/c1-2-6-16-14-9-12(18(19)20)8-13(17-14)10-4-3-5-11(15)7-10/h3-5,7-9H,2,6H2,1H3,(H,16,17). The minimum Gasteiger partial charge on any atom is -0.370 e. The molecule has 0 aliphatic rings. The number of pyridine rings is 1. The summed E-state index contributed by atoms with van der Waals surface area (Å²) in [6, 6.07) is 10.5. The number of aromatic nitrogens is 1. The Bertz CT molecular complexity index is 632. The molecule has 0 radical (unpaired) electrons. The van der Waals surface area contributed by atoms with E-state index in [1.54, 1.807) is 0 Å². The largest absolute Gasteiger partial charge is 0.370 e.